The van der Waals surface area contributed by atoms with Crippen LogP contribution in [0.1, 0.15) is 48.7 Å². The molecule has 1 saturated carbocycles. The first-order chi connectivity index (χ1) is 12.5. The van der Waals surface area contributed by atoms with Crippen molar-refractivity contribution < 1.29 is 9.53 Å². The lowest BCUT2D eigenvalue weighted by Crippen LogP contribution is -2.44. The van der Waals surface area contributed by atoms with Gasteiger partial charge in [-0.3, -0.25) is 9.48 Å². The second kappa shape index (κ2) is 6.67. The van der Waals surface area contributed by atoms with Crippen molar-refractivity contribution in [3.05, 3.63) is 46.7 Å². The molecule has 1 saturated heterocycles. The number of halogens is 1. The number of hydrogen-bond acceptors (Lipinski definition) is 4. The predicted molar refractivity (Wildman–Crippen MR) is 98.0 cm³/mol. The number of nitrogens with zero attached hydrogens (tertiary/aromatic N) is 3. The van der Waals surface area contributed by atoms with E-state index in [-0.39, 0.29) is 16.9 Å². The fraction of sp³-hybridized carbons (Fsp3) is 0.526. The summed E-state index contributed by atoms with van der Waals surface area (Å²) in [7, 11) is 0. The lowest BCUT2D eigenvalue weighted by molar-refractivity contribution is -0.111. The minimum Gasteiger partial charge on any atom is -0.380 e. The van der Waals surface area contributed by atoms with Gasteiger partial charge in [0.1, 0.15) is 0 Å². The van der Waals surface area contributed by atoms with Crippen molar-refractivity contribution in [2.45, 2.75) is 44.7 Å². The summed E-state index contributed by atoms with van der Waals surface area (Å²) in [5, 5.41) is 12.1. The monoisotopic (exact) mass is 374 g/mol. The van der Waals surface area contributed by atoms with E-state index in [9.17, 15) is 4.79 Å². The molecule has 2 aliphatic rings. The first-order valence-corrected chi connectivity index (χ1v) is 9.42. The maximum atomic E-state index is 12.8. The summed E-state index contributed by atoms with van der Waals surface area (Å²) in [5.41, 5.74) is 1.11. The summed E-state index contributed by atoms with van der Waals surface area (Å²) < 4.78 is 7.01. The molecular weight excluding hydrogens is 352 g/mol. The van der Waals surface area contributed by atoms with Crippen molar-refractivity contribution in [1.29, 1.82) is 0 Å². The molecule has 0 atom stereocenters. The Bertz CT molecular complexity index is 809. The Morgan fingerprint density at radius 1 is 1.35 bits per heavy atom. The lowest BCUT2D eigenvalue weighted by atomic mass is 9.88. The number of ether oxygens (including phenoxy) is 1. The number of benzene rings is 1. The Hall–Kier alpha value is -1.92. The standard InChI is InChI=1S/C19H23ClN4O2/c1-18(12-26-13-18)11-24-10-16(22-23-24)17(25)21-19(7-2-3-8-19)14-5-4-6-15(20)9-14/h4-6,9-10H,2-3,7-8,11-13H2,1H3,(H,21,25). The van der Waals surface area contributed by atoms with Gasteiger partial charge in [-0.15, -0.1) is 5.10 Å². The van der Waals surface area contributed by atoms with Crippen LogP contribution in [-0.2, 0) is 16.8 Å². The van der Waals surface area contributed by atoms with E-state index in [1.165, 1.54) is 0 Å². The van der Waals surface area contributed by atoms with Crippen molar-refractivity contribution in [3.8, 4) is 0 Å². The maximum absolute atomic E-state index is 12.8. The zero-order chi connectivity index (χ0) is 18.2. The minimum atomic E-state index is -0.375. The third-order valence-electron chi connectivity index (χ3n) is 5.40. The summed E-state index contributed by atoms with van der Waals surface area (Å²) >= 11 is 6.17. The lowest BCUT2D eigenvalue weighted by Gasteiger charge is -2.37. The largest absolute Gasteiger partial charge is 0.380 e. The van der Waals surface area contributed by atoms with Crippen molar-refractivity contribution >= 4 is 17.5 Å². The van der Waals surface area contributed by atoms with Gasteiger partial charge in [0.05, 0.1) is 31.5 Å². The molecule has 1 aromatic heterocycles. The van der Waals surface area contributed by atoms with Crippen molar-refractivity contribution in [1.82, 2.24) is 20.3 Å². The molecule has 1 aliphatic heterocycles. The van der Waals surface area contributed by atoms with Crippen molar-refractivity contribution in [2.75, 3.05) is 13.2 Å². The van der Waals surface area contributed by atoms with Crippen LogP contribution in [0.25, 0.3) is 0 Å². The van der Waals surface area contributed by atoms with Crippen molar-refractivity contribution in [3.63, 3.8) is 0 Å². The number of amides is 1. The normalized spacial score (nSPS) is 20.5. The Kier molecular flexibility index (Phi) is 4.49. The Balaban J connectivity index is 1.51. The van der Waals surface area contributed by atoms with Crippen LogP contribution in [0.3, 0.4) is 0 Å². The van der Waals surface area contributed by atoms with E-state index < -0.39 is 0 Å². The highest BCUT2D eigenvalue weighted by Crippen LogP contribution is 2.39. The smallest absolute Gasteiger partial charge is 0.274 e. The number of nitrogens with one attached hydrogen (secondary N) is 1. The van der Waals surface area contributed by atoms with Crippen LogP contribution in [0.2, 0.25) is 5.02 Å². The topological polar surface area (TPSA) is 69.0 Å². The third-order valence-corrected chi connectivity index (χ3v) is 5.64. The highest BCUT2D eigenvalue weighted by molar-refractivity contribution is 6.30. The number of rotatable bonds is 5. The van der Waals surface area contributed by atoms with E-state index in [0.29, 0.717) is 30.5 Å². The first-order valence-electron chi connectivity index (χ1n) is 9.05. The molecule has 1 aliphatic carbocycles. The van der Waals surface area contributed by atoms with Crippen molar-refractivity contribution in [2.24, 2.45) is 5.41 Å². The number of carbonyl (C=O) groups is 1. The zero-order valence-electron chi connectivity index (χ0n) is 14.9. The molecule has 7 heteroatoms. The van der Waals surface area contributed by atoms with Gasteiger partial charge in [0.25, 0.3) is 5.91 Å². The van der Waals surface area contributed by atoms with E-state index in [0.717, 1.165) is 31.2 Å². The van der Waals surface area contributed by atoms with Gasteiger partial charge in [0.2, 0.25) is 0 Å². The number of hydrogen-bond donors (Lipinski definition) is 1. The first kappa shape index (κ1) is 17.5. The molecule has 2 aromatic rings. The van der Waals surface area contributed by atoms with Gasteiger partial charge in [-0.1, -0.05) is 48.7 Å². The SMILES string of the molecule is CC1(Cn2cc(C(=O)NC3(c4cccc(Cl)c4)CCCC3)nn2)COC1. The van der Waals surface area contributed by atoms with E-state index in [1.807, 2.05) is 24.3 Å². The van der Waals surface area contributed by atoms with Crippen LogP contribution < -0.4 is 5.32 Å². The van der Waals surface area contributed by atoms with Gasteiger partial charge >= 0.3 is 0 Å². The molecule has 0 radical (unpaired) electrons. The van der Waals surface area contributed by atoms with Gasteiger partial charge < -0.3 is 10.1 Å². The summed E-state index contributed by atoms with van der Waals surface area (Å²) in [6.07, 6.45) is 5.69. The molecular formula is C19H23ClN4O2. The van der Waals surface area contributed by atoms with Crippen LogP contribution >= 0.6 is 11.6 Å². The molecule has 1 aromatic carbocycles. The zero-order valence-corrected chi connectivity index (χ0v) is 15.6. The van der Waals surface area contributed by atoms with E-state index in [1.54, 1.807) is 10.9 Å². The summed E-state index contributed by atoms with van der Waals surface area (Å²) in [6, 6.07) is 7.76. The van der Waals surface area contributed by atoms with Crippen LogP contribution in [0, 0.1) is 5.41 Å². The van der Waals surface area contributed by atoms with Crippen LogP contribution in [0.4, 0.5) is 0 Å². The third kappa shape index (κ3) is 3.35. The molecule has 6 nitrogen and oxygen atoms in total. The molecule has 0 bridgehead atoms. The van der Waals surface area contributed by atoms with Gasteiger partial charge in [-0.05, 0) is 30.5 Å². The molecule has 26 heavy (non-hydrogen) atoms. The molecule has 2 fully saturated rings. The Morgan fingerprint density at radius 3 is 2.77 bits per heavy atom. The maximum Gasteiger partial charge on any atom is 0.274 e. The summed E-state index contributed by atoms with van der Waals surface area (Å²) in [5.74, 6) is -0.187. The van der Waals surface area contributed by atoms with Crippen LogP contribution in [-0.4, -0.2) is 34.1 Å². The predicted octanol–water partition coefficient (Wildman–Crippen LogP) is 3.17. The Morgan fingerprint density at radius 2 is 2.12 bits per heavy atom. The van der Waals surface area contributed by atoms with Gasteiger partial charge in [0.15, 0.2) is 5.69 Å². The highest BCUT2D eigenvalue weighted by Gasteiger charge is 2.38. The van der Waals surface area contributed by atoms with E-state index in [4.69, 9.17) is 16.3 Å². The molecule has 4 rings (SSSR count). The van der Waals surface area contributed by atoms with Crippen LogP contribution in [0.15, 0.2) is 30.5 Å². The second-order valence-electron chi connectivity index (χ2n) is 7.86. The molecule has 0 unspecified atom stereocenters. The second-order valence-corrected chi connectivity index (χ2v) is 8.29. The molecule has 2 heterocycles. The Labute approximate surface area is 157 Å². The molecule has 1 amide bonds. The average molecular weight is 375 g/mol. The van der Waals surface area contributed by atoms with Gasteiger partial charge in [-0.25, -0.2) is 0 Å². The molecule has 1 N–H and O–H groups in total. The molecule has 138 valence electrons. The number of carbonyl (C=O) groups excluding carboxylic acids is 1. The van der Waals surface area contributed by atoms with E-state index in [2.05, 4.69) is 22.6 Å². The fourth-order valence-corrected chi connectivity index (χ4v) is 4.13. The highest BCUT2D eigenvalue weighted by atomic mass is 35.5. The van der Waals surface area contributed by atoms with E-state index >= 15 is 0 Å². The quantitative estimate of drug-likeness (QED) is 0.872. The summed E-state index contributed by atoms with van der Waals surface area (Å²) in [4.78, 5) is 12.8. The van der Waals surface area contributed by atoms with Gasteiger partial charge in [0, 0.05) is 10.4 Å². The fourth-order valence-electron chi connectivity index (χ4n) is 3.94. The summed E-state index contributed by atoms with van der Waals surface area (Å²) in [6.45, 7) is 4.27. The molecule has 0 spiro atoms. The minimum absolute atomic E-state index is 0.0783. The number of aromatic nitrogens is 3. The van der Waals surface area contributed by atoms with Crippen LogP contribution in [0.5, 0.6) is 0 Å². The van der Waals surface area contributed by atoms with Gasteiger partial charge in [-0.2, -0.15) is 0 Å². The average Bonchev–Trinajstić information content (AvgIpc) is 3.24.